The first-order valence-corrected chi connectivity index (χ1v) is 4.55. The van der Waals surface area contributed by atoms with Gasteiger partial charge in [0.25, 0.3) is 0 Å². The van der Waals surface area contributed by atoms with Crippen molar-refractivity contribution >= 4 is 0 Å². The highest BCUT2D eigenvalue weighted by molar-refractivity contribution is 4.86. The topological polar surface area (TPSA) is 3.24 Å². The summed E-state index contributed by atoms with van der Waals surface area (Å²) in [6.07, 6.45) is 1.25. The van der Waals surface area contributed by atoms with Crippen LogP contribution in [0.25, 0.3) is 0 Å². The number of likely N-dealkylation sites (tertiary alicyclic amines) is 1. The molecule has 1 nitrogen and oxygen atoms in total. The first-order valence-electron chi connectivity index (χ1n) is 4.55. The molecule has 0 spiro atoms. The molecule has 0 aromatic rings. The Labute approximate surface area is 68.6 Å². The van der Waals surface area contributed by atoms with Gasteiger partial charge < -0.3 is 0 Å². The molecule has 11 heavy (non-hydrogen) atoms. The predicted molar refractivity (Wildman–Crippen MR) is 45.4 cm³/mol. The van der Waals surface area contributed by atoms with Gasteiger partial charge in [-0.05, 0) is 26.7 Å². The minimum absolute atomic E-state index is 0.491. The van der Waals surface area contributed by atoms with Crippen molar-refractivity contribution in [2.75, 3.05) is 6.54 Å². The molecule has 0 radical (unpaired) electrons. The largest absolute Gasteiger partial charge is 0.295 e. The molecular formula is C9H18FN. The Kier molecular flexibility index (Phi) is 2.88. The molecule has 1 saturated heterocycles. The predicted octanol–water partition coefficient (Wildman–Crippen LogP) is 2.22. The second-order valence-electron chi connectivity index (χ2n) is 3.69. The van der Waals surface area contributed by atoms with E-state index in [1.165, 1.54) is 0 Å². The Bertz CT molecular complexity index is 125. The third-order valence-corrected chi connectivity index (χ3v) is 2.54. The van der Waals surface area contributed by atoms with Crippen LogP contribution in [-0.4, -0.2) is 29.7 Å². The maximum atomic E-state index is 12.9. The van der Waals surface area contributed by atoms with Crippen LogP contribution >= 0.6 is 0 Å². The average Bonchev–Trinajstić information content (AvgIpc) is 2.30. The summed E-state index contributed by atoms with van der Waals surface area (Å²) < 4.78 is 12.9. The van der Waals surface area contributed by atoms with Gasteiger partial charge in [0.2, 0.25) is 0 Å². The van der Waals surface area contributed by atoms with E-state index >= 15 is 0 Å². The van der Waals surface area contributed by atoms with Gasteiger partial charge in [-0.1, -0.05) is 6.92 Å². The summed E-state index contributed by atoms with van der Waals surface area (Å²) >= 11 is 0. The molecule has 1 aliphatic heterocycles. The van der Waals surface area contributed by atoms with Crippen LogP contribution in [0.1, 0.15) is 33.6 Å². The lowest BCUT2D eigenvalue weighted by molar-refractivity contribution is 0.192. The summed E-state index contributed by atoms with van der Waals surface area (Å²) in [6, 6.07) is 0.991. The second-order valence-corrected chi connectivity index (χ2v) is 3.69. The van der Waals surface area contributed by atoms with Gasteiger partial charge in [-0.2, -0.15) is 0 Å². The van der Waals surface area contributed by atoms with E-state index in [-0.39, 0.29) is 0 Å². The quantitative estimate of drug-likeness (QED) is 0.597. The van der Waals surface area contributed by atoms with E-state index in [4.69, 9.17) is 0 Å². The van der Waals surface area contributed by atoms with Crippen molar-refractivity contribution in [3.8, 4) is 0 Å². The second kappa shape index (κ2) is 3.53. The van der Waals surface area contributed by atoms with Gasteiger partial charge in [-0.25, -0.2) is 4.39 Å². The Hall–Kier alpha value is -0.110. The molecule has 0 aromatic heterocycles. The van der Waals surface area contributed by atoms with E-state index in [1.54, 1.807) is 0 Å². The van der Waals surface area contributed by atoms with Crippen LogP contribution in [0.3, 0.4) is 0 Å². The third kappa shape index (κ3) is 1.92. The van der Waals surface area contributed by atoms with Crippen molar-refractivity contribution in [1.29, 1.82) is 0 Å². The van der Waals surface area contributed by atoms with Crippen molar-refractivity contribution in [3.05, 3.63) is 0 Å². The van der Waals surface area contributed by atoms with Crippen molar-refractivity contribution in [3.63, 3.8) is 0 Å². The molecule has 1 aliphatic rings. The Morgan fingerprint density at radius 2 is 2.18 bits per heavy atom. The molecule has 1 fully saturated rings. The van der Waals surface area contributed by atoms with Crippen LogP contribution in [0.4, 0.5) is 4.39 Å². The first kappa shape index (κ1) is 8.98. The first-order chi connectivity index (χ1) is 5.15. The number of alkyl halides is 1. The van der Waals surface area contributed by atoms with Crippen LogP contribution in [0.15, 0.2) is 0 Å². The van der Waals surface area contributed by atoms with Crippen molar-refractivity contribution in [2.24, 2.45) is 0 Å². The molecule has 0 aliphatic carbocycles. The monoisotopic (exact) mass is 159 g/mol. The van der Waals surface area contributed by atoms with Gasteiger partial charge >= 0.3 is 0 Å². The van der Waals surface area contributed by atoms with Crippen LogP contribution in [-0.2, 0) is 0 Å². The van der Waals surface area contributed by atoms with Crippen molar-refractivity contribution in [2.45, 2.75) is 51.9 Å². The summed E-state index contributed by atoms with van der Waals surface area (Å²) in [7, 11) is 0. The zero-order valence-electron chi connectivity index (χ0n) is 7.68. The van der Waals surface area contributed by atoms with Crippen LogP contribution < -0.4 is 0 Å². The number of hydrogen-bond acceptors (Lipinski definition) is 1. The number of hydrogen-bond donors (Lipinski definition) is 0. The molecule has 1 rings (SSSR count). The maximum Gasteiger partial charge on any atom is 0.114 e. The molecule has 0 aromatic carbocycles. The fourth-order valence-electron chi connectivity index (χ4n) is 1.92. The maximum absolute atomic E-state index is 12.9. The summed E-state index contributed by atoms with van der Waals surface area (Å²) in [5.41, 5.74) is 0. The summed E-state index contributed by atoms with van der Waals surface area (Å²) in [5.74, 6) is 0. The third-order valence-electron chi connectivity index (χ3n) is 2.54. The van der Waals surface area contributed by atoms with E-state index in [0.717, 1.165) is 12.8 Å². The summed E-state index contributed by atoms with van der Waals surface area (Å²) in [6.45, 7) is 7.07. The van der Waals surface area contributed by atoms with E-state index in [0.29, 0.717) is 18.6 Å². The fraction of sp³-hybridized carbons (Fsp3) is 1.00. The van der Waals surface area contributed by atoms with E-state index in [1.807, 2.05) is 0 Å². The number of halogens is 1. The highest BCUT2D eigenvalue weighted by Crippen LogP contribution is 2.24. The van der Waals surface area contributed by atoms with Gasteiger partial charge in [-0.3, -0.25) is 4.90 Å². The highest BCUT2D eigenvalue weighted by atomic mass is 19.1. The van der Waals surface area contributed by atoms with Gasteiger partial charge in [0, 0.05) is 18.6 Å². The van der Waals surface area contributed by atoms with E-state index in [9.17, 15) is 4.39 Å². The van der Waals surface area contributed by atoms with Crippen molar-refractivity contribution in [1.82, 2.24) is 4.90 Å². The SMILES string of the molecule is CC[C@@H]1C[C@H](F)CN1C(C)C. The van der Waals surface area contributed by atoms with Gasteiger partial charge in [-0.15, -0.1) is 0 Å². The highest BCUT2D eigenvalue weighted by Gasteiger charge is 2.31. The molecular weight excluding hydrogens is 141 g/mol. The molecule has 1 heterocycles. The lowest BCUT2D eigenvalue weighted by atomic mass is 10.1. The lowest BCUT2D eigenvalue weighted by Gasteiger charge is -2.26. The standard InChI is InChI=1S/C9H18FN/c1-4-9-5-8(10)6-11(9)7(2)3/h7-9H,4-6H2,1-3H3/t8-,9+/m0/s1. The molecule has 0 saturated carbocycles. The molecule has 0 amide bonds. The average molecular weight is 159 g/mol. The minimum Gasteiger partial charge on any atom is -0.295 e. The Morgan fingerprint density at radius 1 is 1.55 bits per heavy atom. The van der Waals surface area contributed by atoms with E-state index in [2.05, 4.69) is 25.7 Å². The molecule has 66 valence electrons. The zero-order chi connectivity index (χ0) is 8.43. The number of rotatable bonds is 2. The fourth-order valence-corrected chi connectivity index (χ4v) is 1.92. The zero-order valence-corrected chi connectivity index (χ0v) is 7.68. The number of nitrogens with zero attached hydrogens (tertiary/aromatic N) is 1. The molecule has 2 atom stereocenters. The van der Waals surface area contributed by atoms with Crippen LogP contribution in [0, 0.1) is 0 Å². The molecule has 0 unspecified atom stereocenters. The van der Waals surface area contributed by atoms with Gasteiger partial charge in [0.15, 0.2) is 0 Å². The lowest BCUT2D eigenvalue weighted by Crippen LogP contribution is -2.35. The smallest absolute Gasteiger partial charge is 0.114 e. The van der Waals surface area contributed by atoms with Crippen LogP contribution in [0.5, 0.6) is 0 Å². The van der Waals surface area contributed by atoms with Gasteiger partial charge in [0.1, 0.15) is 6.17 Å². The van der Waals surface area contributed by atoms with Crippen LogP contribution in [0.2, 0.25) is 0 Å². The Morgan fingerprint density at radius 3 is 2.55 bits per heavy atom. The van der Waals surface area contributed by atoms with Gasteiger partial charge in [0.05, 0.1) is 0 Å². The molecule has 0 N–H and O–H groups in total. The van der Waals surface area contributed by atoms with E-state index < -0.39 is 6.17 Å². The normalized spacial score (nSPS) is 33.5. The Balaban J connectivity index is 2.50. The minimum atomic E-state index is -0.581. The van der Waals surface area contributed by atoms with Crippen molar-refractivity contribution < 1.29 is 4.39 Å². The summed E-state index contributed by atoms with van der Waals surface area (Å²) in [4.78, 5) is 2.27. The molecule has 2 heteroatoms. The summed E-state index contributed by atoms with van der Waals surface area (Å²) in [5, 5.41) is 0. The molecule has 0 bridgehead atoms.